The number of halogens is 1. The highest BCUT2D eigenvalue weighted by Gasteiger charge is 2.22. The maximum absolute atomic E-state index is 14.3. The number of aliphatic hydroxyl groups excluding tert-OH is 1. The minimum Gasteiger partial charge on any atom is -0.491 e. The van der Waals surface area contributed by atoms with Gasteiger partial charge < -0.3 is 14.7 Å². The lowest BCUT2D eigenvalue weighted by molar-refractivity contribution is 0.199. The molecule has 1 atom stereocenters. The Morgan fingerprint density at radius 1 is 1.19 bits per heavy atom. The molecule has 2 aromatic carbocycles. The van der Waals surface area contributed by atoms with Gasteiger partial charge >= 0.3 is 0 Å². The van der Waals surface area contributed by atoms with E-state index in [9.17, 15) is 9.50 Å². The molecular weight excluding hydrogens is 269 g/mol. The summed E-state index contributed by atoms with van der Waals surface area (Å²) in [4.78, 5) is 1.93. The quantitative estimate of drug-likeness (QED) is 0.920. The fourth-order valence-electron chi connectivity index (χ4n) is 2.72. The van der Waals surface area contributed by atoms with Gasteiger partial charge in [-0.1, -0.05) is 30.3 Å². The van der Waals surface area contributed by atoms with E-state index in [2.05, 4.69) is 0 Å². The third-order valence-corrected chi connectivity index (χ3v) is 3.74. The van der Waals surface area contributed by atoms with E-state index in [-0.39, 0.29) is 5.82 Å². The van der Waals surface area contributed by atoms with Gasteiger partial charge in [-0.2, -0.15) is 0 Å². The summed E-state index contributed by atoms with van der Waals surface area (Å²) in [6.45, 7) is 3.29. The monoisotopic (exact) mass is 287 g/mol. The third kappa shape index (κ3) is 2.72. The minimum absolute atomic E-state index is 0.312. The summed E-state index contributed by atoms with van der Waals surface area (Å²) < 4.78 is 20.0. The molecule has 1 heterocycles. The molecule has 0 amide bonds. The number of fused-ring (bicyclic) bond motifs is 1. The molecule has 2 aromatic rings. The van der Waals surface area contributed by atoms with Gasteiger partial charge in [-0.3, -0.25) is 0 Å². The van der Waals surface area contributed by atoms with Crippen molar-refractivity contribution in [3.05, 3.63) is 59.4 Å². The number of para-hydroxylation sites is 2. The van der Waals surface area contributed by atoms with Crippen LogP contribution in [0.3, 0.4) is 0 Å². The van der Waals surface area contributed by atoms with Crippen molar-refractivity contribution in [1.29, 1.82) is 0 Å². The fourth-order valence-corrected chi connectivity index (χ4v) is 2.72. The number of rotatable bonds is 2. The predicted octanol–water partition coefficient (Wildman–Crippen LogP) is 3.28. The molecular formula is C17H18FNO2. The molecule has 1 unspecified atom stereocenters. The van der Waals surface area contributed by atoms with Crippen LogP contribution in [0.25, 0.3) is 0 Å². The molecule has 0 aromatic heterocycles. The molecule has 4 heteroatoms. The van der Waals surface area contributed by atoms with Gasteiger partial charge in [0.15, 0.2) is 0 Å². The summed E-state index contributed by atoms with van der Waals surface area (Å²) in [5, 5.41) is 9.90. The van der Waals surface area contributed by atoms with Gasteiger partial charge in [0.2, 0.25) is 0 Å². The molecule has 21 heavy (non-hydrogen) atoms. The zero-order chi connectivity index (χ0) is 14.8. The lowest BCUT2D eigenvalue weighted by Gasteiger charge is -2.26. The van der Waals surface area contributed by atoms with Crippen LogP contribution in [0.1, 0.15) is 24.2 Å². The Hall–Kier alpha value is -2.07. The second-order valence-electron chi connectivity index (χ2n) is 5.23. The van der Waals surface area contributed by atoms with E-state index in [0.29, 0.717) is 30.9 Å². The number of hydrogen-bond donors (Lipinski definition) is 1. The lowest BCUT2D eigenvalue weighted by Crippen LogP contribution is -2.27. The molecule has 0 radical (unpaired) electrons. The molecule has 1 aliphatic heterocycles. The van der Waals surface area contributed by atoms with Crippen LogP contribution in [-0.4, -0.2) is 18.3 Å². The van der Waals surface area contributed by atoms with Crippen molar-refractivity contribution in [1.82, 2.24) is 0 Å². The standard InChI is InChI=1S/C17H18FNO2/c1-12(20)14-6-4-7-15(18)17(14)19-9-10-21-16-8-3-2-5-13(16)11-19/h2-8,12,20H,9-11H2,1H3. The summed E-state index contributed by atoms with van der Waals surface area (Å²) in [6, 6.07) is 12.6. The summed E-state index contributed by atoms with van der Waals surface area (Å²) in [5.74, 6) is 0.530. The maximum Gasteiger partial charge on any atom is 0.146 e. The number of ether oxygens (including phenoxy) is 1. The largest absolute Gasteiger partial charge is 0.491 e. The van der Waals surface area contributed by atoms with Gasteiger partial charge in [0.25, 0.3) is 0 Å². The zero-order valence-electron chi connectivity index (χ0n) is 11.9. The van der Waals surface area contributed by atoms with E-state index < -0.39 is 6.10 Å². The first-order valence-corrected chi connectivity index (χ1v) is 7.09. The molecule has 3 rings (SSSR count). The van der Waals surface area contributed by atoms with Crippen LogP contribution in [0.2, 0.25) is 0 Å². The third-order valence-electron chi connectivity index (χ3n) is 3.74. The van der Waals surface area contributed by atoms with Crippen molar-refractivity contribution in [2.24, 2.45) is 0 Å². The van der Waals surface area contributed by atoms with E-state index in [0.717, 1.165) is 11.3 Å². The molecule has 0 saturated carbocycles. The van der Waals surface area contributed by atoms with Crippen LogP contribution < -0.4 is 9.64 Å². The smallest absolute Gasteiger partial charge is 0.146 e. The highest BCUT2D eigenvalue weighted by Crippen LogP contribution is 2.33. The normalized spacial score (nSPS) is 15.9. The van der Waals surface area contributed by atoms with Crippen LogP contribution in [-0.2, 0) is 6.54 Å². The van der Waals surface area contributed by atoms with Crippen molar-refractivity contribution in [3.8, 4) is 5.75 Å². The first kappa shape index (κ1) is 13.9. The molecule has 3 nitrogen and oxygen atoms in total. The van der Waals surface area contributed by atoms with Gasteiger partial charge in [-0.25, -0.2) is 4.39 Å². The van der Waals surface area contributed by atoms with Crippen molar-refractivity contribution in [2.45, 2.75) is 19.6 Å². The molecule has 0 fully saturated rings. The number of hydrogen-bond acceptors (Lipinski definition) is 3. The fraction of sp³-hybridized carbons (Fsp3) is 0.294. The van der Waals surface area contributed by atoms with Gasteiger partial charge in [-0.05, 0) is 19.1 Å². The number of aliphatic hydroxyl groups is 1. The van der Waals surface area contributed by atoms with Gasteiger partial charge in [0.05, 0.1) is 18.3 Å². The van der Waals surface area contributed by atoms with Gasteiger partial charge in [-0.15, -0.1) is 0 Å². The molecule has 0 bridgehead atoms. The summed E-state index contributed by atoms with van der Waals surface area (Å²) >= 11 is 0. The summed E-state index contributed by atoms with van der Waals surface area (Å²) in [7, 11) is 0. The first-order valence-electron chi connectivity index (χ1n) is 7.09. The Labute approximate surface area is 123 Å². The van der Waals surface area contributed by atoms with Crippen LogP contribution in [0, 0.1) is 5.82 Å². The molecule has 0 saturated heterocycles. The van der Waals surface area contributed by atoms with Gasteiger partial charge in [0, 0.05) is 17.7 Å². The van der Waals surface area contributed by atoms with Crippen LogP contribution >= 0.6 is 0 Å². The predicted molar refractivity (Wildman–Crippen MR) is 80.0 cm³/mol. The molecule has 1 N–H and O–H groups in total. The summed E-state index contributed by atoms with van der Waals surface area (Å²) in [6.07, 6.45) is -0.713. The van der Waals surface area contributed by atoms with Crippen molar-refractivity contribution >= 4 is 5.69 Å². The second kappa shape index (κ2) is 5.74. The highest BCUT2D eigenvalue weighted by molar-refractivity contribution is 5.57. The molecule has 0 aliphatic carbocycles. The van der Waals surface area contributed by atoms with E-state index in [1.807, 2.05) is 29.2 Å². The number of anilines is 1. The minimum atomic E-state index is -0.713. The first-order chi connectivity index (χ1) is 10.2. The summed E-state index contributed by atoms with van der Waals surface area (Å²) in [5.41, 5.74) is 2.09. The van der Waals surface area contributed by atoms with E-state index in [1.165, 1.54) is 6.07 Å². The molecule has 110 valence electrons. The molecule has 1 aliphatic rings. The van der Waals surface area contributed by atoms with Crippen molar-refractivity contribution in [3.63, 3.8) is 0 Å². The van der Waals surface area contributed by atoms with Crippen LogP contribution in [0.15, 0.2) is 42.5 Å². The van der Waals surface area contributed by atoms with E-state index in [1.54, 1.807) is 19.1 Å². The van der Waals surface area contributed by atoms with E-state index in [4.69, 9.17) is 4.74 Å². The van der Waals surface area contributed by atoms with Crippen LogP contribution in [0.4, 0.5) is 10.1 Å². The van der Waals surface area contributed by atoms with Crippen LogP contribution in [0.5, 0.6) is 5.75 Å². The zero-order valence-corrected chi connectivity index (χ0v) is 11.9. The van der Waals surface area contributed by atoms with Crippen molar-refractivity contribution < 1.29 is 14.2 Å². The average molecular weight is 287 g/mol. The average Bonchev–Trinajstić information content (AvgIpc) is 2.68. The Morgan fingerprint density at radius 2 is 2.00 bits per heavy atom. The topological polar surface area (TPSA) is 32.7 Å². The lowest BCUT2D eigenvalue weighted by atomic mass is 10.1. The second-order valence-corrected chi connectivity index (χ2v) is 5.23. The number of benzene rings is 2. The Balaban J connectivity index is 2.02. The van der Waals surface area contributed by atoms with E-state index >= 15 is 0 Å². The van der Waals surface area contributed by atoms with Gasteiger partial charge in [0.1, 0.15) is 18.2 Å². The van der Waals surface area contributed by atoms with Crippen molar-refractivity contribution in [2.75, 3.05) is 18.1 Å². The Morgan fingerprint density at radius 3 is 2.81 bits per heavy atom. The maximum atomic E-state index is 14.3. The Kier molecular flexibility index (Phi) is 3.80. The Bertz CT molecular complexity index is 642. The molecule has 0 spiro atoms. The highest BCUT2D eigenvalue weighted by atomic mass is 19.1. The SMILES string of the molecule is CC(O)c1cccc(F)c1N1CCOc2ccccc2C1. The number of nitrogens with zero attached hydrogens (tertiary/aromatic N) is 1.